The van der Waals surface area contributed by atoms with Crippen molar-refractivity contribution in [1.29, 1.82) is 0 Å². The van der Waals surface area contributed by atoms with E-state index in [0.29, 0.717) is 11.0 Å². The highest BCUT2D eigenvalue weighted by Gasteiger charge is 2.13. The maximum Gasteiger partial charge on any atom is 0.180 e. The molecule has 0 unspecified atom stereocenters. The largest absolute Gasteiger partial charge is 0.375 e. The number of nitrogens with two attached hydrogens (primary N) is 1. The maximum atomic E-state index is 5.82. The van der Waals surface area contributed by atoms with Crippen LogP contribution < -0.4 is 5.73 Å². The van der Waals surface area contributed by atoms with Crippen molar-refractivity contribution in [1.82, 2.24) is 4.98 Å². The van der Waals surface area contributed by atoms with Gasteiger partial charge in [0.15, 0.2) is 5.13 Å². The third-order valence-corrected chi connectivity index (χ3v) is 3.80. The third kappa shape index (κ3) is 2.67. The summed E-state index contributed by atoms with van der Waals surface area (Å²) >= 11 is 1.61. The molecule has 3 heteroatoms. The minimum Gasteiger partial charge on any atom is -0.375 e. The molecule has 0 amide bonds. The number of rotatable bonds is 3. The van der Waals surface area contributed by atoms with Crippen LogP contribution >= 0.6 is 11.3 Å². The SMILES string of the molecule is Cc1ccccc1Cc1sc(N)nc1C(C)C. The van der Waals surface area contributed by atoms with Crippen LogP contribution in [0.1, 0.15) is 41.5 Å². The van der Waals surface area contributed by atoms with Gasteiger partial charge in [-0.25, -0.2) is 4.98 Å². The molecule has 1 aromatic heterocycles. The number of nitrogens with zero attached hydrogens (tertiary/aromatic N) is 1. The van der Waals surface area contributed by atoms with E-state index in [1.165, 1.54) is 16.0 Å². The number of aryl methyl sites for hydroxylation is 1. The Kier molecular flexibility index (Phi) is 3.48. The first-order chi connectivity index (χ1) is 8.08. The van der Waals surface area contributed by atoms with E-state index < -0.39 is 0 Å². The van der Waals surface area contributed by atoms with Gasteiger partial charge in [0.05, 0.1) is 5.69 Å². The number of nitrogen functional groups attached to an aromatic ring is 1. The minimum absolute atomic E-state index is 0.433. The molecule has 17 heavy (non-hydrogen) atoms. The van der Waals surface area contributed by atoms with Crippen LogP contribution in [0.25, 0.3) is 0 Å². The lowest BCUT2D eigenvalue weighted by Gasteiger charge is -2.07. The fourth-order valence-electron chi connectivity index (χ4n) is 1.94. The van der Waals surface area contributed by atoms with Gasteiger partial charge < -0.3 is 5.73 Å². The van der Waals surface area contributed by atoms with Crippen LogP contribution in [0.5, 0.6) is 0 Å². The van der Waals surface area contributed by atoms with Crippen LogP contribution in [0, 0.1) is 6.92 Å². The van der Waals surface area contributed by atoms with Crippen molar-refractivity contribution < 1.29 is 0 Å². The molecule has 0 saturated heterocycles. The molecule has 0 bridgehead atoms. The Labute approximate surface area is 107 Å². The molecule has 0 fully saturated rings. The van der Waals surface area contributed by atoms with Crippen molar-refractivity contribution >= 4 is 16.5 Å². The van der Waals surface area contributed by atoms with Gasteiger partial charge in [0.1, 0.15) is 0 Å². The Balaban J connectivity index is 2.33. The Bertz CT molecular complexity index is 515. The van der Waals surface area contributed by atoms with Crippen LogP contribution in [-0.2, 0) is 6.42 Å². The predicted molar refractivity (Wildman–Crippen MR) is 74.6 cm³/mol. The first-order valence-corrected chi connectivity index (χ1v) is 6.69. The van der Waals surface area contributed by atoms with Gasteiger partial charge in [0, 0.05) is 11.3 Å². The van der Waals surface area contributed by atoms with Crippen molar-refractivity contribution in [3.05, 3.63) is 46.0 Å². The minimum atomic E-state index is 0.433. The number of hydrogen-bond donors (Lipinski definition) is 1. The van der Waals surface area contributed by atoms with Gasteiger partial charge in [-0.3, -0.25) is 0 Å². The maximum absolute atomic E-state index is 5.82. The molecule has 1 aromatic carbocycles. The van der Waals surface area contributed by atoms with E-state index in [-0.39, 0.29) is 0 Å². The van der Waals surface area contributed by atoms with Crippen LogP contribution in [0.15, 0.2) is 24.3 Å². The van der Waals surface area contributed by atoms with Crippen LogP contribution in [0.3, 0.4) is 0 Å². The standard InChI is InChI=1S/C14H18N2S/c1-9(2)13-12(17-14(15)16-13)8-11-7-5-4-6-10(11)3/h4-7,9H,8H2,1-3H3,(H2,15,16). The molecular weight excluding hydrogens is 228 g/mol. The highest BCUT2D eigenvalue weighted by molar-refractivity contribution is 7.15. The van der Waals surface area contributed by atoms with Crippen molar-refractivity contribution in [2.75, 3.05) is 5.73 Å². The molecule has 2 nitrogen and oxygen atoms in total. The van der Waals surface area contributed by atoms with Crippen LogP contribution in [0.4, 0.5) is 5.13 Å². The lowest BCUT2D eigenvalue weighted by Crippen LogP contribution is -1.96. The summed E-state index contributed by atoms with van der Waals surface area (Å²) in [6, 6.07) is 8.48. The van der Waals surface area contributed by atoms with Crippen LogP contribution in [0.2, 0.25) is 0 Å². The van der Waals surface area contributed by atoms with Gasteiger partial charge in [-0.05, 0) is 24.0 Å². The quantitative estimate of drug-likeness (QED) is 0.895. The van der Waals surface area contributed by atoms with E-state index in [4.69, 9.17) is 5.73 Å². The normalized spacial score (nSPS) is 11.1. The van der Waals surface area contributed by atoms with E-state index in [9.17, 15) is 0 Å². The van der Waals surface area contributed by atoms with Gasteiger partial charge in [0.25, 0.3) is 0 Å². The summed E-state index contributed by atoms with van der Waals surface area (Å²) in [7, 11) is 0. The highest BCUT2D eigenvalue weighted by atomic mass is 32.1. The zero-order chi connectivity index (χ0) is 12.4. The first-order valence-electron chi connectivity index (χ1n) is 5.87. The summed E-state index contributed by atoms with van der Waals surface area (Å²) in [5, 5.41) is 0.678. The van der Waals surface area contributed by atoms with Gasteiger partial charge in [-0.2, -0.15) is 0 Å². The van der Waals surface area contributed by atoms with Crippen molar-refractivity contribution in [3.8, 4) is 0 Å². The summed E-state index contributed by atoms with van der Waals surface area (Å²) < 4.78 is 0. The molecule has 90 valence electrons. The molecule has 0 saturated carbocycles. The third-order valence-electron chi connectivity index (χ3n) is 2.90. The van der Waals surface area contributed by atoms with E-state index in [1.54, 1.807) is 11.3 Å². The zero-order valence-corrected chi connectivity index (χ0v) is 11.3. The number of thiazole rings is 1. The molecule has 0 aliphatic rings. The molecular formula is C14H18N2S. The monoisotopic (exact) mass is 246 g/mol. The Morgan fingerprint density at radius 1 is 1.29 bits per heavy atom. The molecule has 0 aliphatic heterocycles. The second-order valence-electron chi connectivity index (χ2n) is 4.62. The van der Waals surface area contributed by atoms with E-state index in [0.717, 1.165) is 12.1 Å². The Morgan fingerprint density at radius 3 is 2.65 bits per heavy atom. The number of anilines is 1. The smallest absolute Gasteiger partial charge is 0.180 e. The van der Waals surface area contributed by atoms with Crippen molar-refractivity contribution in [2.24, 2.45) is 0 Å². The topological polar surface area (TPSA) is 38.9 Å². The van der Waals surface area contributed by atoms with Gasteiger partial charge >= 0.3 is 0 Å². The van der Waals surface area contributed by atoms with E-state index >= 15 is 0 Å². The predicted octanol–water partition coefficient (Wildman–Crippen LogP) is 3.75. The van der Waals surface area contributed by atoms with Crippen LogP contribution in [-0.4, -0.2) is 4.98 Å². The molecule has 0 atom stereocenters. The summed E-state index contributed by atoms with van der Waals surface area (Å²) in [6.45, 7) is 6.47. The van der Waals surface area contributed by atoms with Gasteiger partial charge in [0.2, 0.25) is 0 Å². The average molecular weight is 246 g/mol. The van der Waals surface area contributed by atoms with Gasteiger partial charge in [-0.1, -0.05) is 38.1 Å². The second-order valence-corrected chi connectivity index (χ2v) is 5.73. The van der Waals surface area contributed by atoms with E-state index in [2.05, 4.69) is 50.0 Å². The molecule has 0 radical (unpaired) electrons. The molecule has 2 N–H and O–H groups in total. The van der Waals surface area contributed by atoms with Crippen molar-refractivity contribution in [2.45, 2.75) is 33.1 Å². The Morgan fingerprint density at radius 2 is 2.00 bits per heavy atom. The zero-order valence-electron chi connectivity index (χ0n) is 10.5. The van der Waals surface area contributed by atoms with E-state index in [1.807, 2.05) is 0 Å². The second kappa shape index (κ2) is 4.88. The van der Waals surface area contributed by atoms with Gasteiger partial charge in [-0.15, -0.1) is 11.3 Å². The first kappa shape index (κ1) is 12.1. The molecule has 1 heterocycles. The fraction of sp³-hybridized carbons (Fsp3) is 0.357. The lowest BCUT2D eigenvalue weighted by atomic mass is 10.0. The lowest BCUT2D eigenvalue weighted by molar-refractivity contribution is 0.820. The molecule has 2 aromatic rings. The van der Waals surface area contributed by atoms with Crippen molar-refractivity contribution in [3.63, 3.8) is 0 Å². The average Bonchev–Trinajstić information content (AvgIpc) is 2.63. The molecule has 0 spiro atoms. The number of aromatic nitrogens is 1. The summed E-state index contributed by atoms with van der Waals surface area (Å²) in [6.07, 6.45) is 0.940. The summed E-state index contributed by atoms with van der Waals surface area (Å²) in [5.74, 6) is 0.433. The Hall–Kier alpha value is -1.35. The number of benzene rings is 1. The summed E-state index contributed by atoms with van der Waals surface area (Å²) in [5.41, 5.74) is 9.65. The summed E-state index contributed by atoms with van der Waals surface area (Å²) in [4.78, 5) is 5.73. The molecule has 0 aliphatic carbocycles. The molecule has 2 rings (SSSR count). The number of hydrogen-bond acceptors (Lipinski definition) is 3. The fourth-order valence-corrected chi connectivity index (χ4v) is 2.95. The highest BCUT2D eigenvalue weighted by Crippen LogP contribution is 2.29.